The van der Waals surface area contributed by atoms with Gasteiger partial charge in [0, 0.05) is 6.42 Å². The van der Waals surface area contributed by atoms with Gasteiger partial charge in [0.15, 0.2) is 0 Å². The van der Waals surface area contributed by atoms with Gasteiger partial charge in [-0.1, -0.05) is 353 Å². The predicted molar refractivity (Wildman–Crippen MR) is 299 cm³/mol. The quantitative estimate of drug-likeness (QED) is 0.0420. The molecule has 0 spiro atoms. The van der Waals surface area contributed by atoms with Crippen LogP contribution in [0.1, 0.15) is 367 Å². The molecular weight excluding hydrogens is 819 g/mol. The average molecular weight is 945 g/mol. The van der Waals surface area contributed by atoms with Crippen molar-refractivity contribution in [2.75, 3.05) is 6.61 Å². The van der Waals surface area contributed by atoms with Crippen LogP contribution >= 0.6 is 0 Å². The molecule has 0 bridgehead atoms. The summed E-state index contributed by atoms with van der Waals surface area (Å²) in [6.45, 7) is 4.35. The Hall–Kier alpha value is -0.870. The molecule has 3 N–H and O–H groups in total. The minimum Gasteiger partial charge on any atom is -0.394 e. The Morgan fingerprint density at radius 3 is 0.776 bits per heavy atom. The normalized spacial score (nSPS) is 12.7. The lowest BCUT2D eigenvalue weighted by molar-refractivity contribution is -0.123. The molecule has 0 aromatic carbocycles. The first-order valence-corrected chi connectivity index (χ1v) is 31.4. The van der Waals surface area contributed by atoms with Gasteiger partial charge in [0.2, 0.25) is 5.91 Å². The largest absolute Gasteiger partial charge is 0.394 e. The van der Waals surface area contributed by atoms with Crippen LogP contribution in [0.4, 0.5) is 0 Å². The van der Waals surface area contributed by atoms with Crippen molar-refractivity contribution in [1.29, 1.82) is 0 Å². The van der Waals surface area contributed by atoms with E-state index >= 15 is 0 Å². The van der Waals surface area contributed by atoms with Crippen LogP contribution in [0.2, 0.25) is 0 Å². The number of hydrogen-bond acceptors (Lipinski definition) is 3. The molecule has 2 atom stereocenters. The van der Waals surface area contributed by atoms with Gasteiger partial charge < -0.3 is 15.5 Å². The number of allylic oxidation sites excluding steroid dienone is 1. The van der Waals surface area contributed by atoms with Crippen LogP contribution in [0.3, 0.4) is 0 Å². The highest BCUT2D eigenvalue weighted by Crippen LogP contribution is 2.19. The number of hydrogen-bond donors (Lipinski definition) is 3. The maximum absolute atomic E-state index is 12.5. The molecule has 0 aromatic rings. The zero-order chi connectivity index (χ0) is 48.5. The van der Waals surface area contributed by atoms with E-state index in [1.165, 1.54) is 321 Å². The van der Waals surface area contributed by atoms with Gasteiger partial charge in [-0.2, -0.15) is 0 Å². The average Bonchev–Trinajstić information content (AvgIpc) is 3.33. The van der Waals surface area contributed by atoms with Gasteiger partial charge in [-0.25, -0.2) is 0 Å². The highest BCUT2D eigenvalue weighted by atomic mass is 16.3. The highest BCUT2D eigenvalue weighted by molar-refractivity contribution is 5.76. The lowest BCUT2D eigenvalue weighted by atomic mass is 10.0. The fourth-order valence-electron chi connectivity index (χ4n) is 10.2. The number of unbranched alkanes of at least 4 members (excludes halogenated alkanes) is 52. The van der Waals surface area contributed by atoms with E-state index in [4.69, 9.17) is 0 Å². The zero-order valence-electron chi connectivity index (χ0n) is 46.2. The number of rotatable bonds is 59. The molecule has 0 aliphatic carbocycles. The molecule has 4 nitrogen and oxygen atoms in total. The summed E-state index contributed by atoms with van der Waals surface area (Å²) in [7, 11) is 0. The van der Waals surface area contributed by atoms with Gasteiger partial charge in [-0.15, -0.1) is 0 Å². The second-order valence-corrected chi connectivity index (χ2v) is 21.8. The Kier molecular flexibility index (Phi) is 58.7. The first-order valence-electron chi connectivity index (χ1n) is 31.4. The lowest BCUT2D eigenvalue weighted by Gasteiger charge is -2.20. The van der Waals surface area contributed by atoms with E-state index in [0.717, 1.165) is 25.7 Å². The maximum Gasteiger partial charge on any atom is 0.220 e. The molecule has 0 aromatic heterocycles. The topological polar surface area (TPSA) is 69.6 Å². The second kappa shape index (κ2) is 59.4. The SMILES string of the molecule is CCCCCCCCCCCCCCCCCC/C=C/C(O)C(CO)NC(=O)CCCCCCCCCCCCCCCCCCCCCCCCCCCCCCCCCCCCCCC. The molecule has 67 heavy (non-hydrogen) atoms. The molecule has 400 valence electrons. The van der Waals surface area contributed by atoms with E-state index in [1.807, 2.05) is 6.08 Å². The molecular formula is C63H125NO3. The van der Waals surface area contributed by atoms with Gasteiger partial charge >= 0.3 is 0 Å². The van der Waals surface area contributed by atoms with Crippen molar-refractivity contribution < 1.29 is 15.0 Å². The van der Waals surface area contributed by atoms with Crippen LogP contribution < -0.4 is 5.32 Å². The maximum atomic E-state index is 12.5. The van der Waals surface area contributed by atoms with Crippen LogP contribution in [-0.2, 0) is 4.79 Å². The first kappa shape index (κ1) is 66.1. The number of amides is 1. The third kappa shape index (κ3) is 55.9. The molecule has 0 saturated heterocycles. The summed E-state index contributed by atoms with van der Waals surface area (Å²) in [6, 6.07) is -0.618. The van der Waals surface area contributed by atoms with E-state index in [0.29, 0.717) is 6.42 Å². The van der Waals surface area contributed by atoms with Gasteiger partial charge in [0.1, 0.15) is 0 Å². The van der Waals surface area contributed by atoms with E-state index in [2.05, 4.69) is 19.2 Å². The monoisotopic (exact) mass is 944 g/mol. The molecule has 0 fully saturated rings. The summed E-state index contributed by atoms with van der Waals surface area (Å²) in [4.78, 5) is 12.5. The Balaban J connectivity index is 3.37. The zero-order valence-corrected chi connectivity index (χ0v) is 46.2. The number of nitrogens with one attached hydrogen (secondary N) is 1. The Morgan fingerprint density at radius 2 is 0.552 bits per heavy atom. The van der Waals surface area contributed by atoms with Gasteiger partial charge in [-0.05, 0) is 19.3 Å². The number of carbonyl (C=O) groups excluding carboxylic acids is 1. The van der Waals surface area contributed by atoms with Gasteiger partial charge in [0.25, 0.3) is 0 Å². The molecule has 0 saturated carbocycles. The Morgan fingerprint density at radius 1 is 0.343 bits per heavy atom. The van der Waals surface area contributed by atoms with Gasteiger partial charge in [0.05, 0.1) is 18.8 Å². The van der Waals surface area contributed by atoms with E-state index in [-0.39, 0.29) is 12.5 Å². The number of aliphatic hydroxyl groups excluding tert-OH is 2. The summed E-state index contributed by atoms with van der Waals surface area (Å²) < 4.78 is 0. The van der Waals surface area contributed by atoms with Crippen molar-refractivity contribution in [2.24, 2.45) is 0 Å². The Labute approximate surface area is 422 Å². The van der Waals surface area contributed by atoms with Crippen LogP contribution in [-0.4, -0.2) is 34.9 Å². The van der Waals surface area contributed by atoms with Crippen molar-refractivity contribution in [3.05, 3.63) is 12.2 Å². The second-order valence-electron chi connectivity index (χ2n) is 21.8. The molecule has 0 radical (unpaired) electrons. The highest BCUT2D eigenvalue weighted by Gasteiger charge is 2.18. The fourth-order valence-corrected chi connectivity index (χ4v) is 10.2. The van der Waals surface area contributed by atoms with Crippen LogP contribution in [0.5, 0.6) is 0 Å². The molecule has 0 rings (SSSR count). The minimum atomic E-state index is -0.835. The van der Waals surface area contributed by atoms with Crippen molar-refractivity contribution in [3.8, 4) is 0 Å². The molecule has 0 aliphatic rings. The van der Waals surface area contributed by atoms with Crippen LogP contribution in [0, 0.1) is 0 Å². The smallest absolute Gasteiger partial charge is 0.220 e. The number of carbonyl (C=O) groups is 1. The summed E-state index contributed by atoms with van der Waals surface area (Å²) in [5.41, 5.74) is 0. The Bertz CT molecular complexity index is 936. The summed E-state index contributed by atoms with van der Waals surface area (Å²) in [5, 5.41) is 23.2. The molecule has 0 aliphatic heterocycles. The van der Waals surface area contributed by atoms with Crippen molar-refractivity contribution in [2.45, 2.75) is 379 Å². The summed E-state index contributed by atoms with van der Waals surface area (Å²) in [6.07, 6.45) is 78.5. The van der Waals surface area contributed by atoms with Gasteiger partial charge in [-0.3, -0.25) is 4.79 Å². The third-order valence-electron chi connectivity index (χ3n) is 15.0. The van der Waals surface area contributed by atoms with Crippen molar-refractivity contribution in [1.82, 2.24) is 5.32 Å². The van der Waals surface area contributed by atoms with E-state index < -0.39 is 12.1 Å². The molecule has 2 unspecified atom stereocenters. The first-order chi connectivity index (χ1) is 33.2. The predicted octanol–water partition coefficient (Wildman–Crippen LogP) is 20.9. The molecule has 4 heteroatoms. The third-order valence-corrected chi connectivity index (χ3v) is 15.0. The molecule has 1 amide bonds. The van der Waals surface area contributed by atoms with Crippen LogP contribution in [0.15, 0.2) is 12.2 Å². The fraction of sp³-hybridized carbons (Fsp3) is 0.952. The van der Waals surface area contributed by atoms with Crippen molar-refractivity contribution in [3.63, 3.8) is 0 Å². The molecule has 0 heterocycles. The van der Waals surface area contributed by atoms with E-state index in [1.54, 1.807) is 6.08 Å². The summed E-state index contributed by atoms with van der Waals surface area (Å²) in [5.74, 6) is -0.0550. The van der Waals surface area contributed by atoms with Crippen molar-refractivity contribution >= 4 is 5.91 Å². The standard InChI is InChI=1S/C63H125NO3/c1-3-5-7-9-11-13-15-17-19-21-23-24-25-26-27-28-29-30-31-32-33-34-35-36-37-38-39-40-41-43-45-47-49-51-53-55-57-59-63(67)64-61(60-65)62(66)58-56-54-52-50-48-46-44-42-22-20-18-16-14-12-10-8-6-4-2/h56,58,61-62,65-66H,3-55,57,59-60H2,1-2H3,(H,64,67)/b58-56+. The van der Waals surface area contributed by atoms with E-state index in [9.17, 15) is 15.0 Å². The summed E-state index contributed by atoms with van der Waals surface area (Å²) >= 11 is 0. The minimum absolute atomic E-state index is 0.0550. The van der Waals surface area contributed by atoms with Crippen LogP contribution in [0.25, 0.3) is 0 Å². The number of aliphatic hydroxyl groups is 2. The lowest BCUT2D eigenvalue weighted by Crippen LogP contribution is -2.45.